The molecule has 0 saturated carbocycles. The second kappa shape index (κ2) is 7.12. The van der Waals surface area contributed by atoms with Crippen molar-refractivity contribution in [3.63, 3.8) is 0 Å². The van der Waals surface area contributed by atoms with Crippen LogP contribution in [0.1, 0.15) is 27.5 Å². The topological polar surface area (TPSA) is 23.6 Å². The normalized spacial score (nSPS) is 15.3. The summed E-state index contributed by atoms with van der Waals surface area (Å²) in [4.78, 5) is 17.4. The zero-order chi connectivity index (χ0) is 18.8. The molecule has 1 aliphatic rings. The molecule has 3 heteroatoms. The van der Waals surface area contributed by atoms with Crippen molar-refractivity contribution in [1.82, 2.24) is 0 Å². The maximum Gasteiger partial charge on any atom is 0.259 e. The summed E-state index contributed by atoms with van der Waals surface area (Å²) >= 11 is 0. The maximum absolute atomic E-state index is 13.4. The summed E-state index contributed by atoms with van der Waals surface area (Å²) in [5.41, 5.74) is 4.92. The minimum atomic E-state index is -0.135. The molecule has 1 atom stereocenters. The van der Waals surface area contributed by atoms with E-state index in [2.05, 4.69) is 41.3 Å². The van der Waals surface area contributed by atoms with Gasteiger partial charge >= 0.3 is 0 Å². The first-order valence-electron chi connectivity index (χ1n) is 9.08. The number of amides is 1. The van der Waals surface area contributed by atoms with E-state index in [1.165, 1.54) is 0 Å². The number of carbonyl (C=O) groups is 1. The van der Waals surface area contributed by atoms with Crippen LogP contribution in [0.15, 0.2) is 84.9 Å². The second-order valence-electron chi connectivity index (χ2n) is 6.89. The first-order valence-corrected chi connectivity index (χ1v) is 9.08. The Hall–Kier alpha value is -3.33. The Labute approximate surface area is 160 Å². The minimum absolute atomic E-state index is 0.00841. The minimum Gasteiger partial charge on any atom is -0.378 e. The van der Waals surface area contributed by atoms with E-state index >= 15 is 0 Å². The van der Waals surface area contributed by atoms with Gasteiger partial charge in [0.15, 0.2) is 0 Å². The lowest BCUT2D eigenvalue weighted by molar-refractivity contribution is 0.0980. The summed E-state index contributed by atoms with van der Waals surface area (Å²) in [6.45, 7) is 0. The molecular weight excluding hydrogens is 332 g/mol. The average molecular weight is 354 g/mol. The van der Waals surface area contributed by atoms with E-state index in [-0.39, 0.29) is 11.9 Å². The van der Waals surface area contributed by atoms with E-state index in [0.29, 0.717) is 5.56 Å². The van der Waals surface area contributed by atoms with Gasteiger partial charge in [-0.3, -0.25) is 9.69 Å². The number of para-hydroxylation sites is 1. The molecule has 0 aliphatic carbocycles. The molecular formula is C24H22N2O. The van der Waals surface area contributed by atoms with Gasteiger partial charge in [0.2, 0.25) is 0 Å². The molecule has 3 aromatic rings. The van der Waals surface area contributed by atoms with Gasteiger partial charge in [-0.2, -0.15) is 0 Å². The molecule has 0 saturated heterocycles. The molecule has 0 unspecified atom stereocenters. The molecule has 0 bridgehead atoms. The van der Waals surface area contributed by atoms with Crippen LogP contribution in [0, 0.1) is 0 Å². The van der Waals surface area contributed by atoms with Crippen LogP contribution >= 0.6 is 0 Å². The highest BCUT2D eigenvalue weighted by Crippen LogP contribution is 2.37. The SMILES string of the molecule is CN(C)c1ccc([C@H]2C=Cc3ccccc3N2C(=O)c2ccccc2)cc1. The van der Waals surface area contributed by atoms with Gasteiger partial charge in [0, 0.05) is 25.3 Å². The Morgan fingerprint density at radius 3 is 2.22 bits per heavy atom. The average Bonchev–Trinajstić information content (AvgIpc) is 2.73. The highest BCUT2D eigenvalue weighted by Gasteiger charge is 2.29. The molecule has 4 rings (SSSR count). The Morgan fingerprint density at radius 1 is 0.852 bits per heavy atom. The molecule has 134 valence electrons. The van der Waals surface area contributed by atoms with Crippen molar-refractivity contribution in [3.8, 4) is 0 Å². The van der Waals surface area contributed by atoms with Crippen LogP contribution in [0.25, 0.3) is 6.08 Å². The first kappa shape index (κ1) is 17.1. The third-order valence-electron chi connectivity index (χ3n) is 4.92. The number of nitrogens with zero attached hydrogens (tertiary/aromatic N) is 2. The molecule has 0 spiro atoms. The summed E-state index contributed by atoms with van der Waals surface area (Å²) in [7, 11) is 4.05. The smallest absolute Gasteiger partial charge is 0.259 e. The van der Waals surface area contributed by atoms with Gasteiger partial charge in [-0.05, 0) is 41.5 Å². The fourth-order valence-electron chi connectivity index (χ4n) is 3.46. The van der Waals surface area contributed by atoms with Crippen molar-refractivity contribution in [3.05, 3.63) is 102 Å². The number of hydrogen-bond acceptors (Lipinski definition) is 2. The molecule has 1 amide bonds. The van der Waals surface area contributed by atoms with E-state index in [0.717, 1.165) is 22.5 Å². The number of anilines is 2. The predicted octanol–water partition coefficient (Wildman–Crippen LogP) is 5.17. The quantitative estimate of drug-likeness (QED) is 0.648. The lowest BCUT2D eigenvalue weighted by atomic mass is 9.96. The third kappa shape index (κ3) is 3.24. The van der Waals surface area contributed by atoms with Gasteiger partial charge in [-0.15, -0.1) is 0 Å². The van der Waals surface area contributed by atoms with E-state index in [1.54, 1.807) is 0 Å². The molecule has 3 nitrogen and oxygen atoms in total. The second-order valence-corrected chi connectivity index (χ2v) is 6.89. The van der Waals surface area contributed by atoms with Crippen molar-refractivity contribution in [2.45, 2.75) is 6.04 Å². The fraction of sp³-hybridized carbons (Fsp3) is 0.125. The highest BCUT2D eigenvalue weighted by molar-refractivity contribution is 6.08. The van der Waals surface area contributed by atoms with Crippen LogP contribution < -0.4 is 9.80 Å². The molecule has 0 aromatic heterocycles. The predicted molar refractivity (Wildman–Crippen MR) is 112 cm³/mol. The van der Waals surface area contributed by atoms with Crippen molar-refractivity contribution in [2.75, 3.05) is 23.9 Å². The largest absolute Gasteiger partial charge is 0.378 e. The number of benzene rings is 3. The molecule has 0 radical (unpaired) electrons. The Bertz CT molecular complexity index is 975. The summed E-state index contributed by atoms with van der Waals surface area (Å²) < 4.78 is 0. The lowest BCUT2D eigenvalue weighted by Gasteiger charge is -2.34. The standard InChI is InChI=1S/C24H22N2O/c1-25(2)21-15-12-19(13-16-21)23-17-14-18-8-6-7-11-22(18)26(23)24(27)20-9-4-3-5-10-20/h3-17,23H,1-2H3/t23-/m1/s1. The molecule has 0 N–H and O–H groups in total. The molecule has 0 fully saturated rings. The monoisotopic (exact) mass is 354 g/mol. The van der Waals surface area contributed by atoms with Crippen LogP contribution in [0.5, 0.6) is 0 Å². The van der Waals surface area contributed by atoms with Crippen molar-refractivity contribution < 1.29 is 4.79 Å². The van der Waals surface area contributed by atoms with Crippen molar-refractivity contribution >= 4 is 23.4 Å². The van der Waals surface area contributed by atoms with E-state index in [1.807, 2.05) is 73.6 Å². The highest BCUT2D eigenvalue weighted by atomic mass is 16.2. The zero-order valence-electron chi connectivity index (χ0n) is 15.5. The summed E-state index contributed by atoms with van der Waals surface area (Å²) in [5, 5.41) is 0. The summed E-state index contributed by atoms with van der Waals surface area (Å²) in [5.74, 6) is 0.00841. The van der Waals surface area contributed by atoms with E-state index in [9.17, 15) is 4.79 Å². The van der Waals surface area contributed by atoms with E-state index in [4.69, 9.17) is 0 Å². The van der Waals surface area contributed by atoms with Gasteiger partial charge in [-0.1, -0.05) is 60.7 Å². The summed E-state index contributed by atoms with van der Waals surface area (Å²) in [6.07, 6.45) is 4.21. The number of hydrogen-bond donors (Lipinski definition) is 0. The van der Waals surface area contributed by atoms with E-state index < -0.39 is 0 Å². The maximum atomic E-state index is 13.4. The van der Waals surface area contributed by atoms with Gasteiger partial charge in [0.05, 0.1) is 11.7 Å². The van der Waals surface area contributed by atoms with Gasteiger partial charge in [0.25, 0.3) is 5.91 Å². The Balaban J connectivity index is 1.79. The van der Waals surface area contributed by atoms with Gasteiger partial charge in [0.1, 0.15) is 0 Å². The Kier molecular flexibility index (Phi) is 4.51. The summed E-state index contributed by atoms with van der Waals surface area (Å²) in [6, 6.07) is 25.8. The molecule has 1 heterocycles. The van der Waals surface area contributed by atoms with Crippen LogP contribution in [0.2, 0.25) is 0 Å². The van der Waals surface area contributed by atoms with Crippen molar-refractivity contribution in [1.29, 1.82) is 0 Å². The van der Waals surface area contributed by atoms with Crippen LogP contribution in [0.4, 0.5) is 11.4 Å². The number of fused-ring (bicyclic) bond motifs is 1. The molecule has 27 heavy (non-hydrogen) atoms. The third-order valence-corrected chi connectivity index (χ3v) is 4.92. The molecule has 3 aromatic carbocycles. The molecule has 1 aliphatic heterocycles. The van der Waals surface area contributed by atoms with Gasteiger partial charge < -0.3 is 4.90 Å². The fourth-order valence-corrected chi connectivity index (χ4v) is 3.46. The van der Waals surface area contributed by atoms with Crippen LogP contribution in [-0.2, 0) is 0 Å². The number of rotatable bonds is 3. The number of carbonyl (C=O) groups excluding carboxylic acids is 1. The first-order chi connectivity index (χ1) is 13.1. The Morgan fingerprint density at radius 2 is 1.52 bits per heavy atom. The zero-order valence-corrected chi connectivity index (χ0v) is 15.5. The van der Waals surface area contributed by atoms with Gasteiger partial charge in [-0.25, -0.2) is 0 Å². The van der Waals surface area contributed by atoms with Crippen LogP contribution in [0.3, 0.4) is 0 Å². The lowest BCUT2D eigenvalue weighted by Crippen LogP contribution is -2.36. The van der Waals surface area contributed by atoms with Crippen LogP contribution in [-0.4, -0.2) is 20.0 Å². The van der Waals surface area contributed by atoms with Crippen molar-refractivity contribution in [2.24, 2.45) is 0 Å².